The van der Waals surface area contributed by atoms with Crippen LogP contribution in [0.2, 0.25) is 5.02 Å². The van der Waals surface area contributed by atoms with E-state index in [1.807, 2.05) is 0 Å². The average Bonchev–Trinajstić information content (AvgIpc) is 3.01. The van der Waals surface area contributed by atoms with E-state index in [1.54, 1.807) is 17.2 Å². The van der Waals surface area contributed by atoms with E-state index in [0.29, 0.717) is 56.4 Å². The zero-order chi connectivity index (χ0) is 16.4. The lowest BCUT2D eigenvalue weighted by molar-refractivity contribution is 0.0683. The summed E-state index contributed by atoms with van der Waals surface area (Å²) < 4.78 is 32.2. The Morgan fingerprint density at radius 3 is 2.70 bits per heavy atom. The van der Waals surface area contributed by atoms with Crippen LogP contribution in [0.3, 0.4) is 0 Å². The maximum Gasteiger partial charge on any atom is 0.270 e. The van der Waals surface area contributed by atoms with E-state index in [4.69, 9.17) is 16.3 Å². The first-order chi connectivity index (χ1) is 11.0. The first-order valence-electron chi connectivity index (χ1n) is 7.68. The molecule has 1 aromatic heterocycles. The van der Waals surface area contributed by atoms with E-state index in [0.717, 1.165) is 0 Å². The second-order valence-corrected chi connectivity index (χ2v) is 8.45. The van der Waals surface area contributed by atoms with Crippen molar-refractivity contribution in [1.29, 1.82) is 0 Å². The van der Waals surface area contributed by atoms with Crippen LogP contribution in [0, 0.1) is 0 Å². The van der Waals surface area contributed by atoms with E-state index < -0.39 is 15.3 Å². The fourth-order valence-corrected chi connectivity index (χ4v) is 5.12. The van der Waals surface area contributed by atoms with Crippen LogP contribution >= 0.6 is 11.6 Å². The topological polar surface area (TPSA) is 82.7 Å². The van der Waals surface area contributed by atoms with Gasteiger partial charge in [-0.2, -0.15) is 4.31 Å². The molecule has 2 aliphatic rings. The number of hydrogen-bond donors (Lipinski definition) is 1. The van der Waals surface area contributed by atoms with Gasteiger partial charge in [-0.05, 0) is 18.9 Å². The van der Waals surface area contributed by atoms with E-state index in [-0.39, 0.29) is 12.5 Å². The van der Waals surface area contributed by atoms with Gasteiger partial charge in [0.2, 0.25) is 10.0 Å². The third kappa shape index (κ3) is 3.55. The number of ether oxygens (including phenoxy) is 1. The number of likely N-dealkylation sites (tertiary alicyclic amines) is 1. The number of nitrogens with zero attached hydrogens (tertiary/aromatic N) is 2. The molecule has 0 unspecified atom stereocenters. The molecule has 0 radical (unpaired) electrons. The highest BCUT2D eigenvalue weighted by atomic mass is 35.5. The van der Waals surface area contributed by atoms with Gasteiger partial charge in [-0.3, -0.25) is 4.79 Å². The highest BCUT2D eigenvalue weighted by molar-refractivity contribution is 7.89. The minimum atomic E-state index is -3.41. The minimum Gasteiger partial charge on any atom is -0.379 e. The number of rotatable bonds is 3. The molecule has 1 amide bonds. The second kappa shape index (κ2) is 6.80. The summed E-state index contributed by atoms with van der Waals surface area (Å²) in [5, 5.41) is -0.0911. The summed E-state index contributed by atoms with van der Waals surface area (Å²) in [6.07, 6.45) is 2.80. The van der Waals surface area contributed by atoms with Crippen LogP contribution in [0.25, 0.3) is 0 Å². The van der Waals surface area contributed by atoms with Crippen molar-refractivity contribution < 1.29 is 17.9 Å². The number of carbonyl (C=O) groups excluding carboxylic acids is 1. The Labute approximate surface area is 140 Å². The summed E-state index contributed by atoms with van der Waals surface area (Å²) in [5.74, 6) is -0.209. The van der Waals surface area contributed by atoms with E-state index >= 15 is 0 Å². The summed E-state index contributed by atoms with van der Waals surface area (Å²) in [4.78, 5) is 16.9. The SMILES string of the molecule is O=C(c1cc(Cl)c[nH]1)N1CCC[C@@H](S(=O)(=O)N2CCOCC2)C1. The lowest BCUT2D eigenvalue weighted by atomic mass is 10.1. The molecule has 1 N–H and O–H groups in total. The van der Waals surface area contributed by atoms with Crippen molar-refractivity contribution in [2.45, 2.75) is 18.1 Å². The molecule has 2 saturated heterocycles. The van der Waals surface area contributed by atoms with Gasteiger partial charge in [0.25, 0.3) is 5.91 Å². The smallest absolute Gasteiger partial charge is 0.270 e. The predicted molar refractivity (Wildman–Crippen MR) is 86.0 cm³/mol. The van der Waals surface area contributed by atoms with Crippen molar-refractivity contribution in [3.8, 4) is 0 Å². The molecule has 0 aliphatic carbocycles. The molecule has 0 spiro atoms. The van der Waals surface area contributed by atoms with Crippen LogP contribution in [0.4, 0.5) is 0 Å². The Kier molecular flexibility index (Phi) is 4.96. The van der Waals surface area contributed by atoms with Crippen LogP contribution < -0.4 is 0 Å². The first-order valence-corrected chi connectivity index (χ1v) is 9.56. The Hall–Kier alpha value is -1.09. The monoisotopic (exact) mass is 361 g/mol. The Balaban J connectivity index is 1.71. The molecule has 2 aliphatic heterocycles. The van der Waals surface area contributed by atoms with Gasteiger partial charge < -0.3 is 14.6 Å². The molecule has 0 saturated carbocycles. The molecular weight excluding hydrogens is 342 g/mol. The standard InChI is InChI=1S/C14H20ClN3O4S/c15-11-8-13(16-9-11)14(19)17-3-1-2-12(10-17)23(20,21)18-4-6-22-7-5-18/h8-9,12,16H,1-7,10H2/t12-/m1/s1. The lowest BCUT2D eigenvalue weighted by Crippen LogP contribution is -2.51. The molecule has 23 heavy (non-hydrogen) atoms. The van der Waals surface area contributed by atoms with Gasteiger partial charge in [0.1, 0.15) is 5.69 Å². The quantitative estimate of drug-likeness (QED) is 0.868. The van der Waals surface area contributed by atoms with E-state index in [9.17, 15) is 13.2 Å². The van der Waals surface area contributed by atoms with Gasteiger partial charge in [-0.15, -0.1) is 0 Å². The number of nitrogens with one attached hydrogen (secondary N) is 1. The van der Waals surface area contributed by atoms with Crippen LogP contribution in [-0.4, -0.2) is 73.2 Å². The van der Waals surface area contributed by atoms with Gasteiger partial charge in [-0.1, -0.05) is 11.6 Å². The highest BCUT2D eigenvalue weighted by Crippen LogP contribution is 2.23. The molecule has 2 fully saturated rings. The normalized spacial score (nSPS) is 23.9. The molecule has 3 heterocycles. The summed E-state index contributed by atoms with van der Waals surface area (Å²) >= 11 is 5.83. The number of hydrogen-bond acceptors (Lipinski definition) is 4. The Morgan fingerprint density at radius 2 is 2.04 bits per heavy atom. The first kappa shape index (κ1) is 16.8. The van der Waals surface area contributed by atoms with Crippen molar-refractivity contribution in [3.05, 3.63) is 23.0 Å². The molecule has 7 nitrogen and oxygen atoms in total. The van der Waals surface area contributed by atoms with Crippen LogP contribution in [-0.2, 0) is 14.8 Å². The molecule has 9 heteroatoms. The van der Waals surface area contributed by atoms with E-state index in [2.05, 4.69) is 4.98 Å². The summed E-state index contributed by atoms with van der Waals surface area (Å²) in [6.45, 7) is 2.41. The zero-order valence-corrected chi connectivity index (χ0v) is 14.3. The van der Waals surface area contributed by atoms with Gasteiger partial charge >= 0.3 is 0 Å². The van der Waals surface area contributed by atoms with Crippen molar-refractivity contribution in [2.75, 3.05) is 39.4 Å². The molecule has 1 aromatic rings. The lowest BCUT2D eigenvalue weighted by Gasteiger charge is -2.36. The Morgan fingerprint density at radius 1 is 1.30 bits per heavy atom. The summed E-state index contributed by atoms with van der Waals surface area (Å²) in [7, 11) is -3.41. The number of H-pyrrole nitrogens is 1. The fraction of sp³-hybridized carbons (Fsp3) is 0.643. The summed E-state index contributed by atoms with van der Waals surface area (Å²) in [6, 6.07) is 1.56. The number of piperidine rings is 1. The molecule has 0 bridgehead atoms. The third-order valence-corrected chi connectivity index (χ3v) is 6.83. The van der Waals surface area contributed by atoms with Crippen LogP contribution in [0.1, 0.15) is 23.3 Å². The molecule has 0 aromatic carbocycles. The number of amides is 1. The van der Waals surface area contributed by atoms with Gasteiger partial charge in [0.05, 0.1) is 23.5 Å². The number of sulfonamides is 1. The maximum absolute atomic E-state index is 12.8. The number of morpholine rings is 1. The second-order valence-electron chi connectivity index (χ2n) is 5.80. The van der Waals surface area contributed by atoms with Crippen molar-refractivity contribution in [3.63, 3.8) is 0 Å². The van der Waals surface area contributed by atoms with Crippen LogP contribution in [0.5, 0.6) is 0 Å². The van der Waals surface area contributed by atoms with Crippen molar-refractivity contribution in [1.82, 2.24) is 14.2 Å². The predicted octanol–water partition coefficient (Wildman–Crippen LogP) is 0.935. The van der Waals surface area contributed by atoms with Gasteiger partial charge in [0.15, 0.2) is 0 Å². The minimum absolute atomic E-state index is 0.209. The number of halogens is 1. The summed E-state index contributed by atoms with van der Waals surface area (Å²) in [5.41, 5.74) is 0.388. The number of aromatic nitrogens is 1. The fourth-order valence-electron chi connectivity index (χ4n) is 3.04. The van der Waals surface area contributed by atoms with Crippen molar-refractivity contribution >= 4 is 27.5 Å². The van der Waals surface area contributed by atoms with Crippen LogP contribution in [0.15, 0.2) is 12.3 Å². The molecule has 1 atom stereocenters. The highest BCUT2D eigenvalue weighted by Gasteiger charge is 2.37. The molecular formula is C14H20ClN3O4S. The number of aromatic amines is 1. The van der Waals surface area contributed by atoms with E-state index in [1.165, 1.54) is 4.31 Å². The third-order valence-electron chi connectivity index (χ3n) is 4.29. The van der Waals surface area contributed by atoms with Crippen molar-refractivity contribution in [2.24, 2.45) is 0 Å². The molecule has 3 rings (SSSR count). The largest absolute Gasteiger partial charge is 0.379 e. The van der Waals surface area contributed by atoms with Gasteiger partial charge in [0, 0.05) is 32.4 Å². The molecule has 128 valence electrons. The Bertz CT molecular complexity index is 669. The van der Waals surface area contributed by atoms with Gasteiger partial charge in [-0.25, -0.2) is 8.42 Å². The number of carbonyl (C=O) groups is 1. The maximum atomic E-state index is 12.8. The zero-order valence-electron chi connectivity index (χ0n) is 12.7. The average molecular weight is 362 g/mol.